The van der Waals surface area contributed by atoms with E-state index in [9.17, 15) is 28.1 Å². The molecule has 0 atom stereocenters. The molecule has 2 aromatic carbocycles. The van der Waals surface area contributed by atoms with Crippen LogP contribution in [0.1, 0.15) is 23.2 Å². The number of piperidine rings is 1. The summed E-state index contributed by atoms with van der Waals surface area (Å²) >= 11 is 0. The Balaban J connectivity index is 1.70. The van der Waals surface area contributed by atoms with E-state index in [0.29, 0.717) is 0 Å². The predicted molar refractivity (Wildman–Crippen MR) is 121 cm³/mol. The van der Waals surface area contributed by atoms with Gasteiger partial charge < -0.3 is 14.4 Å². The number of likely N-dealkylation sites (tertiary alicyclic amines) is 1. The molecule has 0 spiro atoms. The Morgan fingerprint density at radius 2 is 1.83 bits per heavy atom. The van der Waals surface area contributed by atoms with Crippen molar-refractivity contribution in [1.82, 2.24) is 9.62 Å². The van der Waals surface area contributed by atoms with Crippen LogP contribution in [0, 0.1) is 10.1 Å². The van der Waals surface area contributed by atoms with Crippen molar-refractivity contribution < 1.29 is 36.8 Å². The second-order valence-corrected chi connectivity index (χ2v) is 9.62. The number of benzene rings is 2. The average Bonchev–Trinajstić information content (AvgIpc) is 2.83. The Kier molecular flexibility index (Phi) is 8.02. The highest BCUT2D eigenvalue weighted by Crippen LogP contribution is 2.33. The molecule has 1 fully saturated rings. The van der Waals surface area contributed by atoms with Crippen molar-refractivity contribution in [2.75, 3.05) is 33.4 Å². The molecule has 1 N–H and O–H groups in total. The summed E-state index contributed by atoms with van der Waals surface area (Å²) in [7, 11) is -3.04. The molecule has 0 radical (unpaired) electrons. The maximum absolute atomic E-state index is 15.2. The van der Waals surface area contributed by atoms with Gasteiger partial charge in [-0.05, 0) is 24.3 Å². The van der Waals surface area contributed by atoms with Crippen LogP contribution >= 0.6 is 0 Å². The highest BCUT2D eigenvalue weighted by atomic mass is 32.2. The van der Waals surface area contributed by atoms with Crippen LogP contribution in [0.2, 0.25) is 0 Å². The standard InChI is InChI=1S/C22H24FN3O8S/c1-33-14-20(27)25-11-9-22(23,10-12-25)15-34-19-8-7-17(13-18(19)26(29)30)35(31,32)24-21(28)16-5-3-2-4-6-16/h2-8,13H,9-12,14-15H2,1H3,(H,24,28). The Bertz CT molecular complexity index is 1200. The van der Waals surface area contributed by atoms with Gasteiger partial charge in [-0.2, -0.15) is 0 Å². The largest absolute Gasteiger partial charge is 0.483 e. The van der Waals surface area contributed by atoms with Gasteiger partial charge in [0.15, 0.2) is 5.75 Å². The van der Waals surface area contributed by atoms with E-state index in [2.05, 4.69) is 0 Å². The molecule has 35 heavy (non-hydrogen) atoms. The molecule has 11 nitrogen and oxygen atoms in total. The number of alkyl halides is 1. The summed E-state index contributed by atoms with van der Waals surface area (Å²) in [4.78, 5) is 35.7. The second kappa shape index (κ2) is 10.8. The normalized spacial score (nSPS) is 15.3. The van der Waals surface area contributed by atoms with E-state index in [1.54, 1.807) is 18.2 Å². The maximum atomic E-state index is 15.2. The van der Waals surface area contributed by atoms with E-state index in [4.69, 9.17) is 9.47 Å². The lowest BCUT2D eigenvalue weighted by Crippen LogP contribution is -2.48. The van der Waals surface area contributed by atoms with E-state index in [1.165, 1.54) is 24.1 Å². The van der Waals surface area contributed by atoms with Crippen LogP contribution < -0.4 is 9.46 Å². The van der Waals surface area contributed by atoms with Crippen LogP contribution in [0.4, 0.5) is 10.1 Å². The van der Waals surface area contributed by atoms with Crippen molar-refractivity contribution in [3.05, 3.63) is 64.2 Å². The number of nitro benzene ring substituents is 1. The van der Waals surface area contributed by atoms with Crippen molar-refractivity contribution in [3.63, 3.8) is 0 Å². The summed E-state index contributed by atoms with van der Waals surface area (Å²) < 4.78 is 52.4. The van der Waals surface area contributed by atoms with Gasteiger partial charge in [0.2, 0.25) is 5.91 Å². The number of nitro groups is 1. The minimum absolute atomic E-state index is 0.0335. The first kappa shape index (κ1) is 26.0. The number of rotatable bonds is 9. The number of carbonyl (C=O) groups excluding carboxylic acids is 2. The van der Waals surface area contributed by atoms with E-state index < -0.39 is 43.7 Å². The van der Waals surface area contributed by atoms with E-state index in [1.807, 2.05) is 4.72 Å². The number of hydrogen-bond acceptors (Lipinski definition) is 8. The third-order valence-corrected chi connectivity index (χ3v) is 6.80. The van der Waals surface area contributed by atoms with Gasteiger partial charge in [0.25, 0.3) is 15.9 Å². The minimum atomic E-state index is -4.43. The van der Waals surface area contributed by atoms with Gasteiger partial charge in [-0.1, -0.05) is 18.2 Å². The van der Waals surface area contributed by atoms with Gasteiger partial charge in [0, 0.05) is 44.7 Å². The van der Waals surface area contributed by atoms with Gasteiger partial charge in [-0.25, -0.2) is 17.5 Å². The fourth-order valence-electron chi connectivity index (χ4n) is 3.48. The molecule has 2 aromatic rings. The van der Waals surface area contributed by atoms with Crippen molar-refractivity contribution in [2.24, 2.45) is 0 Å². The van der Waals surface area contributed by atoms with Gasteiger partial charge in [-0.3, -0.25) is 19.7 Å². The first-order chi connectivity index (χ1) is 16.5. The molecule has 13 heteroatoms. The molecular weight excluding hydrogens is 485 g/mol. The molecule has 0 aromatic heterocycles. The lowest BCUT2D eigenvalue weighted by molar-refractivity contribution is -0.386. The molecule has 0 bridgehead atoms. The average molecular weight is 510 g/mol. The number of sulfonamides is 1. The number of methoxy groups -OCH3 is 1. The summed E-state index contributed by atoms with van der Waals surface area (Å²) in [6, 6.07) is 10.4. The van der Waals surface area contributed by atoms with Gasteiger partial charge >= 0.3 is 5.69 Å². The number of ether oxygens (including phenoxy) is 2. The third kappa shape index (κ3) is 6.51. The Hall–Kier alpha value is -3.58. The van der Waals surface area contributed by atoms with Gasteiger partial charge in [0.1, 0.15) is 18.9 Å². The van der Waals surface area contributed by atoms with Crippen LogP contribution in [0.3, 0.4) is 0 Å². The number of nitrogens with one attached hydrogen (secondary N) is 1. The monoisotopic (exact) mass is 509 g/mol. The molecule has 2 amide bonds. The topological polar surface area (TPSA) is 145 Å². The van der Waals surface area contributed by atoms with Crippen LogP contribution in [0.5, 0.6) is 5.75 Å². The van der Waals surface area contributed by atoms with Gasteiger partial charge in [0.05, 0.1) is 9.82 Å². The smallest absolute Gasteiger partial charge is 0.312 e. The number of amides is 2. The predicted octanol–water partition coefficient (Wildman–Crippen LogP) is 2.07. The molecule has 1 heterocycles. The SMILES string of the molecule is COCC(=O)N1CCC(F)(COc2ccc(S(=O)(=O)NC(=O)c3ccccc3)cc2[N+](=O)[O-])CC1. The molecule has 1 aliphatic rings. The number of hydrogen-bond donors (Lipinski definition) is 1. The first-order valence-corrected chi connectivity index (χ1v) is 12.0. The summed E-state index contributed by atoms with van der Waals surface area (Å²) in [5.41, 5.74) is -2.43. The summed E-state index contributed by atoms with van der Waals surface area (Å²) in [5.74, 6) is -1.48. The minimum Gasteiger partial charge on any atom is -0.483 e. The number of nitrogens with zero attached hydrogens (tertiary/aromatic N) is 2. The lowest BCUT2D eigenvalue weighted by atomic mass is 9.94. The number of halogens is 1. The zero-order valence-corrected chi connectivity index (χ0v) is 19.6. The first-order valence-electron chi connectivity index (χ1n) is 10.5. The fraction of sp³-hybridized carbons (Fsp3) is 0.364. The summed E-state index contributed by atoms with van der Waals surface area (Å²) in [6.07, 6.45) is -0.0670. The van der Waals surface area contributed by atoms with E-state index in [-0.39, 0.29) is 49.8 Å². The Morgan fingerprint density at radius 3 is 2.43 bits per heavy atom. The maximum Gasteiger partial charge on any atom is 0.312 e. The van der Waals surface area contributed by atoms with E-state index in [0.717, 1.165) is 18.2 Å². The fourth-order valence-corrected chi connectivity index (χ4v) is 4.48. The molecule has 0 aliphatic carbocycles. The van der Waals surface area contributed by atoms with Crippen LogP contribution in [-0.4, -0.2) is 69.1 Å². The van der Waals surface area contributed by atoms with Crippen LogP contribution in [-0.2, 0) is 19.6 Å². The third-order valence-electron chi connectivity index (χ3n) is 5.47. The van der Waals surface area contributed by atoms with Crippen molar-refractivity contribution >= 4 is 27.5 Å². The highest BCUT2D eigenvalue weighted by molar-refractivity contribution is 7.90. The molecule has 188 valence electrons. The Labute approximate surface area is 201 Å². The zero-order chi connectivity index (χ0) is 25.6. The second-order valence-electron chi connectivity index (χ2n) is 7.94. The molecule has 1 aliphatic heterocycles. The molecule has 3 rings (SSSR count). The van der Waals surface area contributed by atoms with Gasteiger partial charge in [-0.15, -0.1) is 0 Å². The zero-order valence-electron chi connectivity index (χ0n) is 18.8. The molecule has 0 saturated carbocycles. The quantitative estimate of drug-likeness (QED) is 0.399. The molecule has 1 saturated heterocycles. The summed E-state index contributed by atoms with van der Waals surface area (Å²) in [6.45, 7) is -0.342. The van der Waals surface area contributed by atoms with Crippen LogP contribution in [0.15, 0.2) is 53.4 Å². The summed E-state index contributed by atoms with van der Waals surface area (Å²) in [5, 5.41) is 11.5. The Morgan fingerprint density at radius 1 is 1.17 bits per heavy atom. The van der Waals surface area contributed by atoms with Crippen molar-refractivity contribution in [2.45, 2.75) is 23.4 Å². The molecule has 0 unspecified atom stereocenters. The lowest BCUT2D eigenvalue weighted by Gasteiger charge is -2.36. The number of carbonyl (C=O) groups is 2. The van der Waals surface area contributed by atoms with Crippen molar-refractivity contribution in [3.8, 4) is 5.75 Å². The van der Waals surface area contributed by atoms with E-state index >= 15 is 4.39 Å². The van der Waals surface area contributed by atoms with Crippen LogP contribution in [0.25, 0.3) is 0 Å². The van der Waals surface area contributed by atoms with Crippen molar-refractivity contribution in [1.29, 1.82) is 0 Å². The highest BCUT2D eigenvalue weighted by Gasteiger charge is 2.37. The molecular formula is C22H24FN3O8S.